The minimum atomic E-state index is -0.852. The smallest absolute Gasteiger partial charge is 0.159 e. The third kappa shape index (κ3) is 4.44. The van der Waals surface area contributed by atoms with Gasteiger partial charge < -0.3 is 10.5 Å². The number of nitrogen functional groups attached to an aromatic ring is 1. The number of nitrogens with two attached hydrogens (primary N) is 1. The highest BCUT2D eigenvalue weighted by atomic mass is 19.2. The largest absolute Gasteiger partial charge is 0.497 e. The van der Waals surface area contributed by atoms with E-state index < -0.39 is 11.6 Å². The first-order chi connectivity index (χ1) is 13.0. The molecule has 0 aliphatic heterocycles. The molecule has 3 aromatic rings. The van der Waals surface area contributed by atoms with E-state index >= 15 is 0 Å². The lowest BCUT2D eigenvalue weighted by Gasteiger charge is -2.25. The molecule has 0 amide bonds. The molecule has 0 spiro atoms. The molecule has 0 fully saturated rings. The van der Waals surface area contributed by atoms with Crippen molar-refractivity contribution >= 4 is 5.69 Å². The molecule has 27 heavy (non-hydrogen) atoms. The molecule has 5 heteroatoms. The highest BCUT2D eigenvalue weighted by Crippen LogP contribution is 2.28. The number of methoxy groups -OCH3 is 1. The zero-order valence-corrected chi connectivity index (χ0v) is 15.2. The van der Waals surface area contributed by atoms with Gasteiger partial charge in [-0.15, -0.1) is 0 Å². The summed E-state index contributed by atoms with van der Waals surface area (Å²) in [7, 11) is 1.62. The van der Waals surface area contributed by atoms with Gasteiger partial charge in [-0.3, -0.25) is 5.32 Å². The molecule has 0 aliphatic carbocycles. The fourth-order valence-corrected chi connectivity index (χ4v) is 3.00. The number of anilines is 1. The Morgan fingerprint density at radius 1 is 0.815 bits per heavy atom. The normalized spacial score (nSPS) is 13.2. The Kier molecular flexibility index (Phi) is 5.72. The van der Waals surface area contributed by atoms with Crippen LogP contribution in [0, 0.1) is 11.6 Å². The number of ether oxygens (including phenoxy) is 1. The monoisotopic (exact) mass is 368 g/mol. The van der Waals surface area contributed by atoms with Crippen molar-refractivity contribution in [1.82, 2.24) is 5.32 Å². The fourth-order valence-electron chi connectivity index (χ4n) is 3.00. The van der Waals surface area contributed by atoms with Crippen molar-refractivity contribution in [3.63, 3.8) is 0 Å². The molecule has 0 radical (unpaired) electrons. The minimum absolute atomic E-state index is 0.153. The van der Waals surface area contributed by atoms with Crippen LogP contribution >= 0.6 is 0 Å². The number of hydrogen-bond donors (Lipinski definition) is 2. The number of benzene rings is 3. The Morgan fingerprint density at radius 2 is 1.37 bits per heavy atom. The van der Waals surface area contributed by atoms with Gasteiger partial charge in [0.05, 0.1) is 13.2 Å². The SMILES string of the molecule is COc1ccc(C(NC(C)c2ccc(F)c(F)c2)c2ccc(N)cc2)cc1. The summed E-state index contributed by atoms with van der Waals surface area (Å²) in [5.74, 6) is -0.936. The molecule has 0 saturated carbocycles. The Bertz CT molecular complexity index is 895. The third-order valence-electron chi connectivity index (χ3n) is 4.58. The third-order valence-corrected chi connectivity index (χ3v) is 4.58. The van der Waals surface area contributed by atoms with E-state index in [0.29, 0.717) is 11.3 Å². The number of rotatable bonds is 6. The van der Waals surface area contributed by atoms with Crippen LogP contribution in [-0.2, 0) is 0 Å². The van der Waals surface area contributed by atoms with Gasteiger partial charge in [-0.2, -0.15) is 0 Å². The van der Waals surface area contributed by atoms with Gasteiger partial charge >= 0.3 is 0 Å². The van der Waals surface area contributed by atoms with E-state index in [1.54, 1.807) is 13.2 Å². The Hall–Kier alpha value is -2.92. The quantitative estimate of drug-likeness (QED) is 0.602. The molecule has 2 atom stereocenters. The lowest BCUT2D eigenvalue weighted by atomic mass is 9.96. The topological polar surface area (TPSA) is 47.3 Å². The molecule has 140 valence electrons. The Morgan fingerprint density at radius 3 is 1.93 bits per heavy atom. The summed E-state index contributed by atoms with van der Waals surface area (Å²) >= 11 is 0. The molecule has 3 rings (SSSR count). The van der Waals surface area contributed by atoms with Gasteiger partial charge in [0.2, 0.25) is 0 Å². The van der Waals surface area contributed by atoms with Crippen LogP contribution in [0.1, 0.15) is 35.7 Å². The van der Waals surface area contributed by atoms with Crippen molar-refractivity contribution in [3.05, 3.63) is 95.1 Å². The second kappa shape index (κ2) is 8.18. The van der Waals surface area contributed by atoms with E-state index in [9.17, 15) is 8.78 Å². The summed E-state index contributed by atoms with van der Waals surface area (Å²) in [6.45, 7) is 1.92. The first-order valence-corrected chi connectivity index (χ1v) is 8.68. The van der Waals surface area contributed by atoms with Gasteiger partial charge in [0.15, 0.2) is 11.6 Å². The van der Waals surface area contributed by atoms with E-state index in [-0.39, 0.29) is 12.1 Å². The zero-order valence-electron chi connectivity index (χ0n) is 15.2. The Balaban J connectivity index is 1.93. The molecule has 3 aromatic carbocycles. The standard InChI is InChI=1S/C22H22F2N2O/c1-14(17-7-12-20(23)21(24)13-17)26-22(15-3-8-18(25)9-4-15)16-5-10-19(27-2)11-6-16/h3-14,22,26H,25H2,1-2H3. The lowest BCUT2D eigenvalue weighted by molar-refractivity contribution is 0.414. The van der Waals surface area contributed by atoms with Crippen molar-refractivity contribution in [2.75, 3.05) is 12.8 Å². The van der Waals surface area contributed by atoms with Crippen LogP contribution in [-0.4, -0.2) is 7.11 Å². The van der Waals surface area contributed by atoms with Crippen molar-refractivity contribution in [2.24, 2.45) is 0 Å². The fraction of sp³-hybridized carbons (Fsp3) is 0.182. The molecule has 0 bridgehead atoms. The average Bonchev–Trinajstić information content (AvgIpc) is 2.69. The van der Waals surface area contributed by atoms with Gasteiger partial charge in [0, 0.05) is 11.7 Å². The second-order valence-electron chi connectivity index (χ2n) is 6.43. The molecule has 3 N–H and O–H groups in total. The molecular weight excluding hydrogens is 346 g/mol. The van der Waals surface area contributed by atoms with Gasteiger partial charge in [0.25, 0.3) is 0 Å². The van der Waals surface area contributed by atoms with E-state index in [1.165, 1.54) is 6.07 Å². The summed E-state index contributed by atoms with van der Waals surface area (Å²) in [6.07, 6.45) is 0. The van der Waals surface area contributed by atoms with Crippen molar-refractivity contribution < 1.29 is 13.5 Å². The van der Waals surface area contributed by atoms with Gasteiger partial charge in [-0.25, -0.2) is 8.78 Å². The molecule has 0 heterocycles. The average molecular weight is 368 g/mol. The van der Waals surface area contributed by atoms with Crippen LogP contribution in [0.4, 0.5) is 14.5 Å². The van der Waals surface area contributed by atoms with E-state index in [1.807, 2.05) is 55.5 Å². The first-order valence-electron chi connectivity index (χ1n) is 8.68. The summed E-state index contributed by atoms with van der Waals surface area (Å²) in [6, 6.07) is 18.9. The van der Waals surface area contributed by atoms with Crippen LogP contribution < -0.4 is 15.8 Å². The Labute approximate surface area is 157 Å². The molecule has 0 aliphatic rings. The van der Waals surface area contributed by atoms with E-state index in [4.69, 9.17) is 10.5 Å². The highest BCUT2D eigenvalue weighted by Gasteiger charge is 2.18. The van der Waals surface area contributed by atoms with E-state index in [2.05, 4.69) is 5.32 Å². The van der Waals surface area contributed by atoms with Crippen LogP contribution in [0.2, 0.25) is 0 Å². The summed E-state index contributed by atoms with van der Waals surface area (Å²) in [5.41, 5.74) is 9.20. The summed E-state index contributed by atoms with van der Waals surface area (Å²) in [4.78, 5) is 0. The molecule has 0 aromatic heterocycles. The number of halogens is 2. The molecule has 3 nitrogen and oxygen atoms in total. The van der Waals surface area contributed by atoms with Crippen molar-refractivity contribution in [3.8, 4) is 5.75 Å². The van der Waals surface area contributed by atoms with E-state index in [0.717, 1.165) is 22.9 Å². The summed E-state index contributed by atoms with van der Waals surface area (Å²) in [5, 5.41) is 3.50. The van der Waals surface area contributed by atoms with Crippen LogP contribution in [0.25, 0.3) is 0 Å². The number of hydrogen-bond acceptors (Lipinski definition) is 3. The predicted octanol–water partition coefficient (Wildman–Crippen LogP) is 5.00. The maximum atomic E-state index is 13.6. The van der Waals surface area contributed by atoms with Crippen LogP contribution in [0.5, 0.6) is 5.75 Å². The van der Waals surface area contributed by atoms with Crippen molar-refractivity contribution in [2.45, 2.75) is 19.0 Å². The van der Waals surface area contributed by atoms with Gasteiger partial charge in [0.1, 0.15) is 5.75 Å². The molecular formula is C22H22F2N2O. The van der Waals surface area contributed by atoms with Gasteiger partial charge in [-0.05, 0) is 60.0 Å². The van der Waals surface area contributed by atoms with Crippen LogP contribution in [0.3, 0.4) is 0 Å². The zero-order chi connectivity index (χ0) is 19.4. The highest BCUT2D eigenvalue weighted by molar-refractivity contribution is 5.43. The van der Waals surface area contributed by atoms with Crippen molar-refractivity contribution in [1.29, 1.82) is 0 Å². The maximum absolute atomic E-state index is 13.6. The summed E-state index contributed by atoms with van der Waals surface area (Å²) < 4.78 is 32.1. The predicted molar refractivity (Wildman–Crippen MR) is 104 cm³/mol. The molecule has 0 saturated heterocycles. The first kappa shape index (κ1) is 18.9. The molecule has 2 unspecified atom stereocenters. The van der Waals surface area contributed by atoms with Gasteiger partial charge in [-0.1, -0.05) is 30.3 Å². The number of nitrogens with one attached hydrogen (secondary N) is 1. The minimum Gasteiger partial charge on any atom is -0.497 e. The second-order valence-corrected chi connectivity index (χ2v) is 6.43. The van der Waals surface area contributed by atoms with Crippen LogP contribution in [0.15, 0.2) is 66.7 Å². The lowest BCUT2D eigenvalue weighted by Crippen LogP contribution is -2.25. The maximum Gasteiger partial charge on any atom is 0.159 e.